The van der Waals surface area contributed by atoms with Crippen LogP contribution in [0.2, 0.25) is 0 Å². The fourth-order valence-electron chi connectivity index (χ4n) is 1.43. The number of rotatable bonds is 4. The highest BCUT2D eigenvalue weighted by Gasteiger charge is 2.20. The van der Waals surface area contributed by atoms with Crippen LogP contribution < -0.4 is 5.32 Å². The minimum atomic E-state index is -0.847. The Morgan fingerprint density at radius 2 is 2.18 bits per heavy atom. The zero-order valence-corrected chi connectivity index (χ0v) is 9.51. The minimum Gasteiger partial charge on any atom is -0.481 e. The van der Waals surface area contributed by atoms with Crippen molar-refractivity contribution in [2.24, 2.45) is 5.92 Å². The Balaban J connectivity index is 2.23. The summed E-state index contributed by atoms with van der Waals surface area (Å²) in [6.45, 7) is 3.44. The summed E-state index contributed by atoms with van der Waals surface area (Å²) in [6.07, 6.45) is 2.92. The smallest absolute Gasteiger partial charge is 0.308 e. The van der Waals surface area contributed by atoms with E-state index in [4.69, 9.17) is 5.11 Å². The molecular formula is C10H13N5O2. The van der Waals surface area contributed by atoms with Crippen molar-refractivity contribution in [2.75, 3.05) is 5.32 Å². The van der Waals surface area contributed by atoms with Gasteiger partial charge in [-0.1, -0.05) is 0 Å². The number of carbonyl (C=O) groups is 1. The molecule has 2 aromatic heterocycles. The summed E-state index contributed by atoms with van der Waals surface area (Å²) in [7, 11) is 0. The van der Waals surface area contributed by atoms with E-state index in [1.807, 2.05) is 0 Å². The molecule has 7 nitrogen and oxygen atoms in total. The monoisotopic (exact) mass is 235 g/mol. The molecule has 3 N–H and O–H groups in total. The molecule has 2 heterocycles. The van der Waals surface area contributed by atoms with Crippen LogP contribution >= 0.6 is 0 Å². The molecule has 90 valence electrons. The van der Waals surface area contributed by atoms with Gasteiger partial charge >= 0.3 is 5.97 Å². The second-order valence-corrected chi connectivity index (χ2v) is 3.88. The fraction of sp³-hybridized carbons (Fsp3) is 0.400. The second-order valence-electron chi connectivity index (χ2n) is 3.88. The maximum Gasteiger partial charge on any atom is 0.308 e. The van der Waals surface area contributed by atoms with E-state index in [2.05, 4.69) is 25.3 Å². The van der Waals surface area contributed by atoms with Gasteiger partial charge in [-0.3, -0.25) is 4.79 Å². The molecule has 0 bridgehead atoms. The predicted octanol–water partition coefficient (Wildman–Crippen LogP) is 0.874. The van der Waals surface area contributed by atoms with Crippen molar-refractivity contribution in [3.8, 4) is 0 Å². The number of carboxylic acid groups (broad SMARTS) is 1. The number of imidazole rings is 1. The fourth-order valence-corrected chi connectivity index (χ4v) is 1.43. The normalized spacial score (nSPS) is 14.5. The van der Waals surface area contributed by atoms with Gasteiger partial charge in [0.2, 0.25) is 0 Å². The number of nitrogens with one attached hydrogen (secondary N) is 2. The van der Waals surface area contributed by atoms with Gasteiger partial charge < -0.3 is 15.4 Å². The van der Waals surface area contributed by atoms with Gasteiger partial charge in [-0.15, -0.1) is 0 Å². The Morgan fingerprint density at radius 1 is 1.41 bits per heavy atom. The van der Waals surface area contributed by atoms with Gasteiger partial charge in [0.25, 0.3) is 0 Å². The third-order valence-corrected chi connectivity index (χ3v) is 2.73. The highest BCUT2D eigenvalue weighted by atomic mass is 16.4. The first-order chi connectivity index (χ1) is 8.09. The molecule has 0 saturated heterocycles. The number of carboxylic acids is 1. The molecule has 2 unspecified atom stereocenters. The number of aromatic nitrogens is 4. The van der Waals surface area contributed by atoms with Crippen LogP contribution in [0.3, 0.4) is 0 Å². The van der Waals surface area contributed by atoms with Crippen LogP contribution in [0.15, 0.2) is 12.7 Å². The lowest BCUT2D eigenvalue weighted by Gasteiger charge is -2.18. The third kappa shape index (κ3) is 2.17. The molecule has 0 aromatic carbocycles. The first-order valence-electron chi connectivity index (χ1n) is 5.23. The summed E-state index contributed by atoms with van der Waals surface area (Å²) < 4.78 is 0. The lowest BCUT2D eigenvalue weighted by Crippen LogP contribution is -2.30. The average molecular weight is 235 g/mol. The molecule has 0 spiro atoms. The molecule has 2 atom stereocenters. The predicted molar refractivity (Wildman–Crippen MR) is 61.6 cm³/mol. The number of nitrogens with zero attached hydrogens (tertiary/aromatic N) is 3. The van der Waals surface area contributed by atoms with Crippen molar-refractivity contribution >= 4 is 23.0 Å². The zero-order valence-electron chi connectivity index (χ0n) is 9.51. The van der Waals surface area contributed by atoms with Crippen molar-refractivity contribution in [1.82, 2.24) is 19.9 Å². The number of fused-ring (bicyclic) bond motifs is 1. The SMILES string of the molecule is CC(Nc1ncnc2nc[nH]c12)C(C)C(=O)O. The van der Waals surface area contributed by atoms with E-state index < -0.39 is 11.9 Å². The molecule has 0 amide bonds. The first-order valence-corrected chi connectivity index (χ1v) is 5.23. The summed E-state index contributed by atoms with van der Waals surface area (Å²) in [5, 5.41) is 12.0. The molecular weight excluding hydrogens is 222 g/mol. The number of aromatic amines is 1. The summed E-state index contributed by atoms with van der Waals surface area (Å²) >= 11 is 0. The maximum atomic E-state index is 10.9. The lowest BCUT2D eigenvalue weighted by molar-refractivity contribution is -0.141. The van der Waals surface area contributed by atoms with Crippen LogP contribution in [0.5, 0.6) is 0 Å². The summed E-state index contributed by atoms with van der Waals surface area (Å²) in [5.41, 5.74) is 1.23. The van der Waals surface area contributed by atoms with Gasteiger partial charge in [0.1, 0.15) is 11.8 Å². The topological polar surface area (TPSA) is 104 Å². The Morgan fingerprint density at radius 3 is 2.88 bits per heavy atom. The van der Waals surface area contributed by atoms with Crippen molar-refractivity contribution in [3.05, 3.63) is 12.7 Å². The van der Waals surface area contributed by atoms with Crippen LogP contribution in [0, 0.1) is 5.92 Å². The van der Waals surface area contributed by atoms with Gasteiger partial charge in [0.15, 0.2) is 11.5 Å². The Kier molecular flexibility index (Phi) is 2.90. The van der Waals surface area contributed by atoms with E-state index in [1.165, 1.54) is 12.7 Å². The van der Waals surface area contributed by atoms with Gasteiger partial charge in [-0.05, 0) is 13.8 Å². The highest BCUT2D eigenvalue weighted by Crippen LogP contribution is 2.17. The van der Waals surface area contributed by atoms with E-state index in [-0.39, 0.29) is 6.04 Å². The largest absolute Gasteiger partial charge is 0.481 e. The molecule has 0 fully saturated rings. The number of anilines is 1. The highest BCUT2D eigenvalue weighted by molar-refractivity contribution is 5.82. The number of aliphatic carboxylic acids is 1. The van der Waals surface area contributed by atoms with Crippen LogP contribution in [-0.2, 0) is 4.79 Å². The summed E-state index contributed by atoms with van der Waals surface area (Å²) in [4.78, 5) is 25.8. The van der Waals surface area contributed by atoms with Gasteiger partial charge in [-0.25, -0.2) is 15.0 Å². The van der Waals surface area contributed by atoms with E-state index in [9.17, 15) is 4.79 Å². The maximum absolute atomic E-state index is 10.9. The third-order valence-electron chi connectivity index (χ3n) is 2.73. The van der Waals surface area contributed by atoms with Crippen LogP contribution in [0.4, 0.5) is 5.82 Å². The van der Waals surface area contributed by atoms with Crippen LogP contribution in [0.25, 0.3) is 11.2 Å². The zero-order chi connectivity index (χ0) is 12.4. The number of hydrogen-bond donors (Lipinski definition) is 3. The Bertz CT molecular complexity index is 538. The Labute approximate surface area is 97.3 Å². The van der Waals surface area contributed by atoms with Crippen molar-refractivity contribution in [3.63, 3.8) is 0 Å². The number of H-pyrrole nitrogens is 1. The van der Waals surface area contributed by atoms with E-state index in [0.717, 1.165) is 0 Å². The standard InChI is InChI=1S/C10H13N5O2/c1-5(10(16)17)6(2)15-9-7-8(12-3-11-7)13-4-14-9/h3-6H,1-2H3,(H,16,17)(H2,11,12,13,14,15). The molecule has 17 heavy (non-hydrogen) atoms. The van der Waals surface area contributed by atoms with Crippen molar-refractivity contribution in [2.45, 2.75) is 19.9 Å². The molecule has 0 aliphatic heterocycles. The molecule has 0 aliphatic rings. The van der Waals surface area contributed by atoms with E-state index in [0.29, 0.717) is 17.0 Å². The van der Waals surface area contributed by atoms with Gasteiger partial charge in [-0.2, -0.15) is 0 Å². The summed E-state index contributed by atoms with van der Waals surface area (Å²) in [5.74, 6) is -0.795. The lowest BCUT2D eigenvalue weighted by atomic mass is 10.0. The van der Waals surface area contributed by atoms with E-state index >= 15 is 0 Å². The van der Waals surface area contributed by atoms with Crippen molar-refractivity contribution < 1.29 is 9.90 Å². The molecule has 2 aromatic rings. The quantitative estimate of drug-likeness (QED) is 0.726. The molecule has 0 aliphatic carbocycles. The Hall–Kier alpha value is -2.18. The van der Waals surface area contributed by atoms with Gasteiger partial charge in [0.05, 0.1) is 12.2 Å². The van der Waals surface area contributed by atoms with Crippen molar-refractivity contribution in [1.29, 1.82) is 0 Å². The van der Waals surface area contributed by atoms with Crippen LogP contribution in [0.1, 0.15) is 13.8 Å². The first kappa shape index (κ1) is 11.3. The number of hydrogen-bond acceptors (Lipinski definition) is 5. The summed E-state index contributed by atoms with van der Waals surface area (Å²) in [6, 6.07) is -0.242. The molecule has 2 rings (SSSR count). The second kappa shape index (κ2) is 4.36. The molecule has 0 saturated carbocycles. The average Bonchev–Trinajstić information content (AvgIpc) is 2.76. The molecule has 7 heteroatoms. The minimum absolute atomic E-state index is 0.242. The van der Waals surface area contributed by atoms with E-state index in [1.54, 1.807) is 13.8 Å². The van der Waals surface area contributed by atoms with Crippen LogP contribution in [-0.4, -0.2) is 37.1 Å². The molecule has 0 radical (unpaired) electrons. The van der Waals surface area contributed by atoms with Gasteiger partial charge in [0, 0.05) is 6.04 Å².